The van der Waals surface area contributed by atoms with Gasteiger partial charge in [0, 0.05) is 11.4 Å². The maximum atomic E-state index is 12.6. The summed E-state index contributed by atoms with van der Waals surface area (Å²) in [6.07, 6.45) is 1.08. The zero-order chi connectivity index (χ0) is 17.2. The van der Waals surface area contributed by atoms with Gasteiger partial charge in [-0.15, -0.1) is 0 Å². The van der Waals surface area contributed by atoms with Crippen molar-refractivity contribution in [3.8, 4) is 0 Å². The number of carbonyl (C=O) groups excluding carboxylic acids is 1. The van der Waals surface area contributed by atoms with Gasteiger partial charge in [-0.2, -0.15) is 0 Å². The molecule has 2 unspecified atom stereocenters. The molecule has 0 bridgehead atoms. The van der Waals surface area contributed by atoms with Crippen LogP contribution in [-0.4, -0.2) is 11.3 Å². The van der Waals surface area contributed by atoms with Crippen molar-refractivity contribution in [3.05, 3.63) is 40.4 Å². The summed E-state index contributed by atoms with van der Waals surface area (Å²) in [5.41, 5.74) is 3.35. The Labute approximate surface area is 144 Å². The number of rotatable bonds is 4. The molecule has 0 radical (unpaired) electrons. The van der Waals surface area contributed by atoms with E-state index >= 15 is 0 Å². The summed E-state index contributed by atoms with van der Waals surface area (Å²) in [5.74, 6) is 0.384. The van der Waals surface area contributed by atoms with E-state index in [0.717, 1.165) is 22.7 Å². The van der Waals surface area contributed by atoms with E-state index in [1.807, 2.05) is 25.1 Å². The fourth-order valence-corrected chi connectivity index (χ4v) is 4.12. The van der Waals surface area contributed by atoms with Gasteiger partial charge in [-0.05, 0) is 43.2 Å². The van der Waals surface area contributed by atoms with E-state index in [2.05, 4.69) is 51.3 Å². The Bertz CT molecular complexity index is 616. The summed E-state index contributed by atoms with van der Waals surface area (Å²) in [6.45, 7) is 13.0. The predicted octanol–water partition coefficient (Wildman–Crippen LogP) is 5.08. The van der Waals surface area contributed by atoms with E-state index in [-0.39, 0.29) is 16.7 Å². The van der Waals surface area contributed by atoms with Crippen molar-refractivity contribution < 1.29 is 4.79 Å². The molecule has 1 aromatic rings. The van der Waals surface area contributed by atoms with Crippen LogP contribution in [0.15, 0.2) is 34.9 Å². The Hall–Kier alpha value is -1.42. The van der Waals surface area contributed by atoms with Crippen molar-refractivity contribution in [3.63, 3.8) is 0 Å². The third-order valence-electron chi connectivity index (χ3n) is 3.92. The molecular weight excluding hydrogens is 304 g/mol. The van der Waals surface area contributed by atoms with E-state index < -0.39 is 0 Å². The van der Waals surface area contributed by atoms with E-state index in [1.165, 1.54) is 5.56 Å². The average molecular weight is 333 g/mol. The quantitative estimate of drug-likeness (QED) is 0.808. The van der Waals surface area contributed by atoms with Crippen LogP contribution in [0.25, 0.3) is 0 Å². The van der Waals surface area contributed by atoms with Crippen LogP contribution >= 0.6 is 11.8 Å². The molecule has 23 heavy (non-hydrogen) atoms. The van der Waals surface area contributed by atoms with Crippen LogP contribution in [0.5, 0.6) is 0 Å². The lowest BCUT2D eigenvalue weighted by Crippen LogP contribution is -2.17. The first-order valence-corrected chi connectivity index (χ1v) is 9.09. The fraction of sp³-hybridized carbons (Fsp3) is 0.526. The van der Waals surface area contributed by atoms with Crippen molar-refractivity contribution in [2.45, 2.75) is 59.3 Å². The second-order valence-electron chi connectivity index (χ2n) is 7.57. The maximum absolute atomic E-state index is 12.6. The number of nitrogens with one attached hydrogen (secondary N) is 2. The van der Waals surface area contributed by atoms with Crippen molar-refractivity contribution in [2.24, 2.45) is 5.41 Å². The third kappa shape index (κ3) is 4.77. The first kappa shape index (κ1) is 17.9. The number of hydrogen-bond acceptors (Lipinski definition) is 3. The van der Waals surface area contributed by atoms with E-state index in [9.17, 15) is 4.79 Å². The van der Waals surface area contributed by atoms with Crippen LogP contribution in [0.4, 0.5) is 5.69 Å². The maximum Gasteiger partial charge on any atom is 0.263 e. The first-order chi connectivity index (χ1) is 10.7. The fourth-order valence-electron chi connectivity index (χ4n) is 3.14. The monoisotopic (exact) mass is 332 g/mol. The minimum atomic E-state index is -0.0141. The molecule has 2 N–H and O–H groups in total. The first-order valence-electron chi connectivity index (χ1n) is 8.22. The summed E-state index contributed by atoms with van der Waals surface area (Å²) in [4.78, 5) is 13.4. The molecule has 1 aliphatic rings. The zero-order valence-electron chi connectivity index (χ0n) is 15.0. The molecule has 2 atom stereocenters. The molecule has 0 aliphatic carbocycles. The number of allylic oxidation sites excluding steroid dienone is 1. The molecule has 1 aliphatic heterocycles. The second kappa shape index (κ2) is 7.00. The Kier molecular flexibility index (Phi) is 5.45. The molecule has 1 amide bonds. The topological polar surface area (TPSA) is 41.1 Å². The highest BCUT2D eigenvalue weighted by Gasteiger charge is 2.25. The van der Waals surface area contributed by atoms with E-state index in [1.54, 1.807) is 11.8 Å². The average Bonchev–Trinajstić information content (AvgIpc) is 2.76. The predicted molar refractivity (Wildman–Crippen MR) is 100 cm³/mol. The molecule has 2 rings (SSSR count). The molecular formula is C19H28N2OS. The van der Waals surface area contributed by atoms with Crippen LogP contribution in [0.1, 0.15) is 59.4 Å². The van der Waals surface area contributed by atoms with Gasteiger partial charge in [0.15, 0.2) is 0 Å². The van der Waals surface area contributed by atoms with Gasteiger partial charge >= 0.3 is 0 Å². The largest absolute Gasteiger partial charge is 0.376 e. The van der Waals surface area contributed by atoms with E-state index in [4.69, 9.17) is 0 Å². The SMILES string of the molecule is CC1=C(C(=O)Nc2ccccc2C(C)CC(C)(C)C)SC(C)N1. The van der Waals surface area contributed by atoms with Gasteiger partial charge in [-0.25, -0.2) is 0 Å². The molecule has 0 saturated carbocycles. The molecule has 126 valence electrons. The van der Waals surface area contributed by atoms with Crippen LogP contribution in [0.2, 0.25) is 0 Å². The molecule has 3 nitrogen and oxygen atoms in total. The Balaban J connectivity index is 2.18. The number of anilines is 1. The molecule has 0 saturated heterocycles. The van der Waals surface area contributed by atoms with Crippen LogP contribution in [-0.2, 0) is 4.79 Å². The van der Waals surface area contributed by atoms with Crippen molar-refractivity contribution in [2.75, 3.05) is 5.32 Å². The lowest BCUT2D eigenvalue weighted by atomic mass is 9.82. The zero-order valence-corrected chi connectivity index (χ0v) is 15.8. The third-order valence-corrected chi connectivity index (χ3v) is 5.12. The number of carbonyl (C=O) groups is 1. The van der Waals surface area contributed by atoms with Crippen molar-refractivity contribution in [1.29, 1.82) is 0 Å². The number of thioether (sulfide) groups is 1. The highest BCUT2D eigenvalue weighted by atomic mass is 32.2. The lowest BCUT2D eigenvalue weighted by Gasteiger charge is -2.25. The summed E-state index contributed by atoms with van der Waals surface area (Å²) in [7, 11) is 0. The van der Waals surface area contributed by atoms with Crippen LogP contribution in [0.3, 0.4) is 0 Å². The standard InChI is InChI=1S/C19H28N2OS/c1-12(11-19(4,5)6)15-9-7-8-10-16(15)21-18(22)17-13(2)20-14(3)23-17/h7-10,12,14,20H,11H2,1-6H3,(H,21,22). The van der Waals surface area contributed by atoms with E-state index in [0.29, 0.717) is 5.92 Å². The summed E-state index contributed by atoms with van der Waals surface area (Å²) < 4.78 is 0. The Morgan fingerprint density at radius 2 is 2.00 bits per heavy atom. The van der Waals surface area contributed by atoms with Gasteiger partial charge in [-0.1, -0.05) is 57.7 Å². The van der Waals surface area contributed by atoms with Gasteiger partial charge in [0.1, 0.15) is 0 Å². The van der Waals surface area contributed by atoms with Crippen LogP contribution in [0, 0.1) is 5.41 Å². The molecule has 1 heterocycles. The number of para-hydroxylation sites is 1. The number of benzene rings is 1. The summed E-state index contributed by atoms with van der Waals surface area (Å²) >= 11 is 1.58. The lowest BCUT2D eigenvalue weighted by molar-refractivity contribution is -0.112. The molecule has 1 aromatic carbocycles. The van der Waals surface area contributed by atoms with Crippen LogP contribution < -0.4 is 10.6 Å². The molecule has 0 fully saturated rings. The molecule has 0 spiro atoms. The molecule has 0 aromatic heterocycles. The highest BCUT2D eigenvalue weighted by Crippen LogP contribution is 2.35. The normalized spacial score (nSPS) is 19.5. The number of hydrogen-bond donors (Lipinski definition) is 2. The Morgan fingerprint density at radius 3 is 2.57 bits per heavy atom. The smallest absolute Gasteiger partial charge is 0.263 e. The Morgan fingerprint density at radius 1 is 1.35 bits per heavy atom. The highest BCUT2D eigenvalue weighted by molar-refractivity contribution is 8.04. The van der Waals surface area contributed by atoms with Gasteiger partial charge < -0.3 is 10.6 Å². The minimum absolute atomic E-state index is 0.0141. The van der Waals surface area contributed by atoms with Gasteiger partial charge in [0.2, 0.25) is 0 Å². The van der Waals surface area contributed by atoms with Gasteiger partial charge in [0.05, 0.1) is 10.3 Å². The van der Waals surface area contributed by atoms with Gasteiger partial charge in [0.25, 0.3) is 5.91 Å². The molecule has 4 heteroatoms. The number of amides is 1. The van der Waals surface area contributed by atoms with Gasteiger partial charge in [-0.3, -0.25) is 4.79 Å². The second-order valence-corrected chi connectivity index (χ2v) is 8.92. The van der Waals surface area contributed by atoms with Crippen molar-refractivity contribution >= 4 is 23.4 Å². The van der Waals surface area contributed by atoms with Crippen molar-refractivity contribution in [1.82, 2.24) is 5.32 Å². The summed E-state index contributed by atoms with van der Waals surface area (Å²) in [5, 5.41) is 6.65. The minimum Gasteiger partial charge on any atom is -0.376 e. The summed E-state index contributed by atoms with van der Waals surface area (Å²) in [6, 6.07) is 8.14.